The van der Waals surface area contributed by atoms with Crippen LogP contribution in [0.25, 0.3) is 0 Å². The minimum Gasteiger partial charge on any atom is -0.486 e. The van der Waals surface area contributed by atoms with E-state index in [1.54, 1.807) is 13.8 Å². The summed E-state index contributed by atoms with van der Waals surface area (Å²) in [5.41, 5.74) is 0.0991. The third kappa shape index (κ3) is 3.12. The van der Waals surface area contributed by atoms with Gasteiger partial charge >= 0.3 is 5.97 Å². The smallest absolute Gasteiger partial charge is 0.335 e. The number of halogens is 1. The van der Waals surface area contributed by atoms with Crippen LogP contribution in [0.4, 0.5) is 0 Å². The maximum Gasteiger partial charge on any atom is 0.335 e. The molecule has 2 atom stereocenters. The van der Waals surface area contributed by atoms with Gasteiger partial charge in [-0.25, -0.2) is 4.79 Å². The van der Waals surface area contributed by atoms with Gasteiger partial charge < -0.3 is 14.9 Å². The molecule has 0 spiro atoms. The highest BCUT2D eigenvalue weighted by Crippen LogP contribution is 2.26. The van der Waals surface area contributed by atoms with Gasteiger partial charge in [0.1, 0.15) is 11.9 Å². The van der Waals surface area contributed by atoms with Gasteiger partial charge in [0, 0.05) is 0 Å². The summed E-state index contributed by atoms with van der Waals surface area (Å²) in [5.74, 6) is -0.683. The number of aliphatic hydroxyl groups is 1. The molecule has 5 heteroatoms. The zero-order chi connectivity index (χ0) is 12.3. The lowest BCUT2D eigenvalue weighted by Crippen LogP contribution is -2.25. The minimum absolute atomic E-state index is 0.0991. The number of hydrogen-bond donors (Lipinski definition) is 2. The second-order valence-electron chi connectivity index (χ2n) is 3.51. The Hall–Kier alpha value is -1.26. The average molecular weight is 245 g/mol. The van der Waals surface area contributed by atoms with Gasteiger partial charge in [-0.15, -0.1) is 0 Å². The Morgan fingerprint density at radius 1 is 1.44 bits per heavy atom. The number of aromatic carboxylic acids is 1. The second kappa shape index (κ2) is 5.18. The van der Waals surface area contributed by atoms with E-state index in [0.717, 1.165) is 0 Å². The minimum atomic E-state index is -1.04. The summed E-state index contributed by atoms with van der Waals surface area (Å²) in [7, 11) is 0. The third-order valence-electron chi connectivity index (χ3n) is 2.17. The first-order chi connectivity index (χ1) is 7.41. The Morgan fingerprint density at radius 2 is 2.06 bits per heavy atom. The molecule has 0 saturated carbocycles. The summed E-state index contributed by atoms with van der Waals surface area (Å²) in [6.07, 6.45) is -1.04. The number of rotatable bonds is 4. The van der Waals surface area contributed by atoms with Crippen molar-refractivity contribution < 1.29 is 19.7 Å². The van der Waals surface area contributed by atoms with Crippen LogP contribution in [0.1, 0.15) is 24.2 Å². The van der Waals surface area contributed by atoms with Crippen molar-refractivity contribution in [3.05, 3.63) is 28.8 Å². The SMILES string of the molecule is CC(O)C(C)Oc1ccc(C(=O)O)cc1Cl. The standard InChI is InChI=1S/C11H13ClO4/c1-6(13)7(2)16-10-4-3-8(11(14)15)5-9(10)12/h3-7,13H,1-2H3,(H,14,15). The first-order valence-corrected chi connectivity index (χ1v) is 5.17. The van der Waals surface area contributed by atoms with E-state index in [1.165, 1.54) is 18.2 Å². The molecule has 88 valence electrons. The van der Waals surface area contributed by atoms with Crippen LogP contribution in [0, 0.1) is 0 Å². The van der Waals surface area contributed by atoms with Crippen molar-refractivity contribution in [2.75, 3.05) is 0 Å². The number of hydrogen-bond acceptors (Lipinski definition) is 3. The summed E-state index contributed by atoms with van der Waals surface area (Å²) >= 11 is 5.85. The van der Waals surface area contributed by atoms with Crippen molar-refractivity contribution in [2.45, 2.75) is 26.1 Å². The average Bonchev–Trinajstić information content (AvgIpc) is 2.20. The third-order valence-corrected chi connectivity index (χ3v) is 2.47. The second-order valence-corrected chi connectivity index (χ2v) is 3.92. The molecule has 0 aliphatic rings. The fourth-order valence-electron chi connectivity index (χ4n) is 1.03. The van der Waals surface area contributed by atoms with Crippen LogP contribution in [0.5, 0.6) is 5.75 Å². The lowest BCUT2D eigenvalue weighted by molar-refractivity contribution is 0.0603. The monoisotopic (exact) mass is 244 g/mol. The van der Waals surface area contributed by atoms with Crippen LogP contribution < -0.4 is 4.74 Å². The number of benzene rings is 1. The van der Waals surface area contributed by atoms with Crippen LogP contribution in [0.2, 0.25) is 5.02 Å². The predicted molar refractivity (Wildman–Crippen MR) is 60.2 cm³/mol. The van der Waals surface area contributed by atoms with Crippen molar-refractivity contribution in [3.8, 4) is 5.75 Å². The topological polar surface area (TPSA) is 66.8 Å². The van der Waals surface area contributed by atoms with Crippen LogP contribution >= 0.6 is 11.6 Å². The highest BCUT2D eigenvalue weighted by Gasteiger charge is 2.13. The molecule has 1 aromatic carbocycles. The lowest BCUT2D eigenvalue weighted by atomic mass is 10.2. The number of ether oxygens (including phenoxy) is 1. The Labute approximate surface area is 98.4 Å². The zero-order valence-corrected chi connectivity index (χ0v) is 9.73. The molecule has 0 saturated heterocycles. The summed E-state index contributed by atoms with van der Waals surface area (Å²) in [4.78, 5) is 10.7. The van der Waals surface area contributed by atoms with Gasteiger partial charge in [-0.3, -0.25) is 0 Å². The van der Waals surface area contributed by atoms with E-state index < -0.39 is 18.2 Å². The van der Waals surface area contributed by atoms with E-state index in [1.807, 2.05) is 0 Å². The predicted octanol–water partition coefficient (Wildman–Crippen LogP) is 2.19. The molecule has 0 fully saturated rings. The summed E-state index contributed by atoms with van der Waals surface area (Å²) in [5, 5.41) is 18.2. The Kier molecular flexibility index (Phi) is 4.15. The molecule has 0 aromatic heterocycles. The van der Waals surface area contributed by atoms with Crippen LogP contribution in [-0.4, -0.2) is 28.4 Å². The van der Waals surface area contributed by atoms with Gasteiger partial charge in [0.2, 0.25) is 0 Å². The van der Waals surface area contributed by atoms with Gasteiger partial charge in [-0.1, -0.05) is 11.6 Å². The van der Waals surface area contributed by atoms with E-state index >= 15 is 0 Å². The fourth-order valence-corrected chi connectivity index (χ4v) is 1.25. The fraction of sp³-hybridized carbons (Fsp3) is 0.364. The number of carbonyl (C=O) groups is 1. The van der Waals surface area contributed by atoms with E-state index in [-0.39, 0.29) is 10.6 Å². The van der Waals surface area contributed by atoms with Crippen LogP contribution in [-0.2, 0) is 0 Å². The Bertz CT molecular complexity index is 390. The van der Waals surface area contributed by atoms with Crippen molar-refractivity contribution in [2.24, 2.45) is 0 Å². The molecule has 2 unspecified atom stereocenters. The molecular weight excluding hydrogens is 232 g/mol. The van der Waals surface area contributed by atoms with E-state index in [2.05, 4.69) is 0 Å². The summed E-state index contributed by atoms with van der Waals surface area (Å²) in [6, 6.07) is 4.19. The zero-order valence-electron chi connectivity index (χ0n) is 8.98. The molecule has 2 N–H and O–H groups in total. The lowest BCUT2D eigenvalue weighted by Gasteiger charge is -2.18. The van der Waals surface area contributed by atoms with E-state index in [4.69, 9.17) is 21.4 Å². The Morgan fingerprint density at radius 3 is 2.50 bits per heavy atom. The van der Waals surface area contributed by atoms with Crippen molar-refractivity contribution >= 4 is 17.6 Å². The van der Waals surface area contributed by atoms with Gasteiger partial charge in [-0.2, -0.15) is 0 Å². The van der Waals surface area contributed by atoms with Gasteiger partial charge in [0.05, 0.1) is 16.7 Å². The quantitative estimate of drug-likeness (QED) is 0.852. The molecule has 0 aliphatic carbocycles. The highest BCUT2D eigenvalue weighted by molar-refractivity contribution is 6.32. The molecule has 0 amide bonds. The maximum atomic E-state index is 10.7. The molecule has 16 heavy (non-hydrogen) atoms. The Balaban J connectivity index is 2.87. The van der Waals surface area contributed by atoms with Crippen LogP contribution in [0.15, 0.2) is 18.2 Å². The number of carboxylic acids is 1. The first kappa shape index (κ1) is 12.8. The van der Waals surface area contributed by atoms with Gasteiger partial charge in [-0.05, 0) is 32.0 Å². The van der Waals surface area contributed by atoms with Crippen molar-refractivity contribution in [1.29, 1.82) is 0 Å². The van der Waals surface area contributed by atoms with Crippen molar-refractivity contribution in [3.63, 3.8) is 0 Å². The summed E-state index contributed by atoms with van der Waals surface area (Å²) in [6.45, 7) is 3.30. The normalized spacial score (nSPS) is 14.2. The first-order valence-electron chi connectivity index (χ1n) is 4.79. The number of aliphatic hydroxyl groups excluding tert-OH is 1. The molecular formula is C11H13ClO4. The van der Waals surface area contributed by atoms with E-state index in [9.17, 15) is 9.90 Å². The molecule has 0 bridgehead atoms. The van der Waals surface area contributed by atoms with E-state index in [0.29, 0.717) is 5.75 Å². The maximum absolute atomic E-state index is 10.7. The summed E-state index contributed by atoms with van der Waals surface area (Å²) < 4.78 is 5.37. The molecule has 1 rings (SSSR count). The molecule has 4 nitrogen and oxygen atoms in total. The molecule has 1 aromatic rings. The van der Waals surface area contributed by atoms with Crippen molar-refractivity contribution in [1.82, 2.24) is 0 Å². The molecule has 0 radical (unpaired) electrons. The van der Waals surface area contributed by atoms with Crippen LogP contribution in [0.3, 0.4) is 0 Å². The highest BCUT2D eigenvalue weighted by atomic mass is 35.5. The molecule has 0 heterocycles. The van der Waals surface area contributed by atoms with Gasteiger partial charge in [0.15, 0.2) is 0 Å². The molecule has 0 aliphatic heterocycles. The largest absolute Gasteiger partial charge is 0.486 e. The van der Waals surface area contributed by atoms with Gasteiger partial charge in [0.25, 0.3) is 0 Å². The number of carboxylic acid groups (broad SMARTS) is 1.